The van der Waals surface area contributed by atoms with Crippen LogP contribution in [0.3, 0.4) is 0 Å². The zero-order valence-corrected chi connectivity index (χ0v) is 17.4. The number of furan rings is 1. The Morgan fingerprint density at radius 3 is 2.60 bits per heavy atom. The average Bonchev–Trinajstić information content (AvgIpc) is 3.41. The van der Waals surface area contributed by atoms with Gasteiger partial charge in [0.05, 0.1) is 24.2 Å². The van der Waals surface area contributed by atoms with E-state index in [9.17, 15) is 18.0 Å². The molecule has 1 saturated heterocycles. The average molecular weight is 431 g/mol. The number of fused-ring (bicyclic) bond motifs is 1. The molecule has 2 aliphatic heterocycles. The third-order valence-corrected chi connectivity index (χ3v) is 6.77. The number of hydrogen-bond donors (Lipinski definition) is 0. The number of carbonyl (C=O) groups is 2. The lowest BCUT2D eigenvalue weighted by molar-refractivity contribution is -0.122. The van der Waals surface area contributed by atoms with Gasteiger partial charge in [-0.05, 0) is 49.6 Å². The van der Waals surface area contributed by atoms with E-state index in [0.717, 1.165) is 18.4 Å². The highest BCUT2D eigenvalue weighted by atomic mass is 32.2. The summed E-state index contributed by atoms with van der Waals surface area (Å²) in [6.07, 6.45) is 1.67. The summed E-state index contributed by atoms with van der Waals surface area (Å²) in [6, 6.07) is 7.92. The first-order chi connectivity index (χ1) is 14.3. The smallest absolute Gasteiger partial charge is 0.373 e. The highest BCUT2D eigenvalue weighted by Crippen LogP contribution is 2.34. The van der Waals surface area contributed by atoms with E-state index in [1.165, 1.54) is 29.2 Å². The van der Waals surface area contributed by atoms with E-state index >= 15 is 0 Å². The Labute approximate surface area is 173 Å². The van der Waals surface area contributed by atoms with Crippen LogP contribution in [-0.4, -0.2) is 50.4 Å². The molecule has 1 aromatic heterocycles. The van der Waals surface area contributed by atoms with Gasteiger partial charge in [-0.3, -0.25) is 9.80 Å². The summed E-state index contributed by atoms with van der Waals surface area (Å²) in [5.74, 6) is -0.816. The van der Waals surface area contributed by atoms with Crippen LogP contribution in [0.25, 0.3) is 0 Å². The summed E-state index contributed by atoms with van der Waals surface area (Å²) in [5.41, 5.74) is 1.19. The molecule has 0 radical (unpaired) electrons. The second kappa shape index (κ2) is 7.60. The monoisotopic (exact) mass is 431 g/mol. The fourth-order valence-corrected chi connectivity index (χ4v) is 4.99. The Balaban J connectivity index is 1.76. The Bertz CT molecular complexity index is 1150. The Hall–Kier alpha value is -3.14. The number of carbonyl (C=O) groups excluding carboxylic acids is 2. The number of sulfone groups is 1. The molecule has 2 aromatic rings. The van der Waals surface area contributed by atoms with Crippen LogP contribution in [-0.2, 0) is 25.9 Å². The van der Waals surface area contributed by atoms with E-state index in [2.05, 4.69) is 9.84 Å². The molecule has 10 heteroatoms. The number of aryl methyl sites for hydroxylation is 1. The minimum Gasteiger partial charge on any atom is -0.463 e. The maximum atomic E-state index is 13.2. The van der Waals surface area contributed by atoms with Crippen molar-refractivity contribution >= 4 is 32.4 Å². The van der Waals surface area contributed by atoms with Gasteiger partial charge in [0.25, 0.3) is 5.91 Å². The second-order valence-corrected chi connectivity index (χ2v) is 9.03. The molecule has 0 spiro atoms. The van der Waals surface area contributed by atoms with E-state index in [0.29, 0.717) is 24.5 Å². The molecule has 158 valence electrons. The number of ether oxygens (including phenoxy) is 1. The van der Waals surface area contributed by atoms with Gasteiger partial charge in [-0.25, -0.2) is 13.2 Å². The first-order valence-corrected chi connectivity index (χ1v) is 11.0. The van der Waals surface area contributed by atoms with Gasteiger partial charge in [-0.1, -0.05) is 6.07 Å². The van der Waals surface area contributed by atoms with Crippen LogP contribution < -0.4 is 5.01 Å². The number of esters is 1. The fourth-order valence-electron chi connectivity index (χ4n) is 3.53. The van der Waals surface area contributed by atoms with Gasteiger partial charge < -0.3 is 14.1 Å². The van der Waals surface area contributed by atoms with Crippen LogP contribution in [0.15, 0.2) is 44.7 Å². The molecule has 2 aliphatic rings. The lowest BCUT2D eigenvalue weighted by atomic mass is 10.2. The minimum atomic E-state index is -4.06. The van der Waals surface area contributed by atoms with Crippen LogP contribution in [0.5, 0.6) is 0 Å². The third kappa shape index (κ3) is 3.47. The van der Waals surface area contributed by atoms with Crippen molar-refractivity contribution in [3.63, 3.8) is 0 Å². The number of benzene rings is 1. The van der Waals surface area contributed by atoms with Gasteiger partial charge in [0.2, 0.25) is 20.6 Å². The van der Waals surface area contributed by atoms with E-state index in [1.54, 1.807) is 18.2 Å². The van der Waals surface area contributed by atoms with Gasteiger partial charge in [0, 0.05) is 13.1 Å². The molecule has 0 saturated carbocycles. The maximum absolute atomic E-state index is 13.2. The largest absolute Gasteiger partial charge is 0.463 e. The van der Waals surface area contributed by atoms with Crippen LogP contribution in [0.2, 0.25) is 0 Å². The Morgan fingerprint density at radius 2 is 1.90 bits per heavy atom. The van der Waals surface area contributed by atoms with Gasteiger partial charge >= 0.3 is 5.97 Å². The van der Waals surface area contributed by atoms with Crippen LogP contribution in [0, 0.1) is 6.92 Å². The van der Waals surface area contributed by atoms with Crippen LogP contribution in [0.4, 0.5) is 5.69 Å². The Morgan fingerprint density at radius 1 is 1.17 bits per heavy atom. The first kappa shape index (κ1) is 20.1. The predicted octanol–water partition coefficient (Wildman–Crippen LogP) is 2.10. The van der Waals surface area contributed by atoms with Gasteiger partial charge in [-0.2, -0.15) is 5.10 Å². The van der Waals surface area contributed by atoms with Crippen molar-refractivity contribution in [2.24, 2.45) is 5.10 Å². The molecule has 0 atom stereocenters. The fraction of sp³-hybridized carbons (Fsp3) is 0.350. The number of nitrogens with zero attached hydrogens (tertiary/aromatic N) is 3. The van der Waals surface area contributed by atoms with Crippen LogP contribution in [0.1, 0.15) is 34.7 Å². The van der Waals surface area contributed by atoms with Crippen molar-refractivity contribution in [3.8, 4) is 0 Å². The topological polar surface area (TPSA) is 109 Å². The zero-order valence-electron chi connectivity index (χ0n) is 16.6. The van der Waals surface area contributed by atoms with Gasteiger partial charge in [0.15, 0.2) is 0 Å². The van der Waals surface area contributed by atoms with Crippen molar-refractivity contribution in [2.45, 2.75) is 31.2 Å². The van der Waals surface area contributed by atoms with Gasteiger partial charge in [0.1, 0.15) is 5.76 Å². The quantitative estimate of drug-likeness (QED) is 0.682. The first-order valence-electron chi connectivity index (χ1n) is 9.49. The number of anilines is 1. The number of amides is 1. The predicted molar refractivity (Wildman–Crippen MR) is 108 cm³/mol. The molecule has 1 amide bonds. The number of methoxy groups -OCH3 is 1. The van der Waals surface area contributed by atoms with Crippen molar-refractivity contribution < 1.29 is 27.2 Å². The van der Waals surface area contributed by atoms with Crippen molar-refractivity contribution in [1.82, 2.24) is 4.90 Å². The van der Waals surface area contributed by atoms with Crippen molar-refractivity contribution in [3.05, 3.63) is 47.4 Å². The summed E-state index contributed by atoms with van der Waals surface area (Å²) in [4.78, 5) is 26.1. The third-order valence-electron chi connectivity index (χ3n) is 5.08. The zero-order chi connectivity index (χ0) is 21.5. The standard InChI is InChI=1S/C20H21N3O6S/c1-13-5-8-17-15(11-13)23(12-14-6-7-16(29-14)20(25)28-2)21-18(30(17,26)27)19(24)22-9-3-4-10-22/h5-8,11H,3-4,9-10,12H2,1-2H3. The highest BCUT2D eigenvalue weighted by Gasteiger charge is 2.40. The van der Waals surface area contributed by atoms with Crippen LogP contribution >= 0.6 is 0 Å². The maximum Gasteiger partial charge on any atom is 0.373 e. The van der Waals surface area contributed by atoms with Crippen molar-refractivity contribution in [2.75, 3.05) is 25.2 Å². The molecule has 0 N–H and O–H groups in total. The normalized spacial score (nSPS) is 17.5. The van der Waals surface area contributed by atoms with E-state index < -0.39 is 26.8 Å². The molecular formula is C20H21N3O6S. The molecule has 9 nitrogen and oxygen atoms in total. The molecule has 30 heavy (non-hydrogen) atoms. The van der Waals surface area contributed by atoms with E-state index in [-0.39, 0.29) is 17.2 Å². The summed E-state index contributed by atoms with van der Waals surface area (Å²) in [6.45, 7) is 2.89. The molecule has 0 unspecified atom stereocenters. The van der Waals surface area contributed by atoms with E-state index in [1.807, 2.05) is 6.92 Å². The lowest BCUT2D eigenvalue weighted by Gasteiger charge is -2.28. The summed E-state index contributed by atoms with van der Waals surface area (Å²) in [5, 5.41) is 5.15. The minimum absolute atomic E-state index is 0.0189. The number of rotatable bonds is 4. The number of likely N-dealkylation sites (tertiary alicyclic amines) is 1. The SMILES string of the molecule is COC(=O)c1ccc(CN2N=C(C(=O)N3CCCC3)S(=O)(=O)c3ccc(C)cc32)o1. The van der Waals surface area contributed by atoms with Crippen molar-refractivity contribution in [1.29, 1.82) is 0 Å². The summed E-state index contributed by atoms with van der Waals surface area (Å²) >= 11 is 0. The Kier molecular flexibility index (Phi) is 5.10. The molecule has 1 fully saturated rings. The summed E-state index contributed by atoms with van der Waals surface area (Å²) in [7, 11) is -2.81. The number of hydrazone groups is 1. The molecular weight excluding hydrogens is 410 g/mol. The molecule has 3 heterocycles. The number of hydrogen-bond acceptors (Lipinski definition) is 8. The summed E-state index contributed by atoms with van der Waals surface area (Å²) < 4.78 is 36.5. The highest BCUT2D eigenvalue weighted by molar-refractivity contribution is 8.08. The molecule has 0 bridgehead atoms. The lowest BCUT2D eigenvalue weighted by Crippen LogP contribution is -2.42. The molecule has 1 aromatic carbocycles. The molecule has 4 rings (SSSR count). The molecule has 0 aliphatic carbocycles. The second-order valence-electron chi connectivity index (χ2n) is 7.19. The van der Waals surface area contributed by atoms with E-state index in [4.69, 9.17) is 4.42 Å². The van der Waals surface area contributed by atoms with Gasteiger partial charge in [-0.15, -0.1) is 0 Å².